The predicted octanol–water partition coefficient (Wildman–Crippen LogP) is 4.64. The number of aliphatic hydroxyl groups is 1. The lowest BCUT2D eigenvalue weighted by Gasteiger charge is -2.22. The number of carbonyl (C=O) groups excluding carboxylic acids is 1. The molecule has 2 N–H and O–H groups in total. The van der Waals surface area contributed by atoms with Crippen molar-refractivity contribution in [3.05, 3.63) is 60.6 Å². The number of nitrogens with one attached hydrogen (secondary N) is 1. The van der Waals surface area contributed by atoms with Crippen molar-refractivity contribution in [2.45, 2.75) is 32.3 Å². The molecule has 0 saturated carbocycles. The molecule has 1 atom stereocenters. The van der Waals surface area contributed by atoms with Crippen LogP contribution in [0.25, 0.3) is 27.9 Å². The number of rotatable bonds is 6. The zero-order valence-electron chi connectivity index (χ0n) is 15.1. The summed E-state index contributed by atoms with van der Waals surface area (Å²) in [6.07, 6.45) is 10.8. The maximum Gasteiger partial charge on any atom is 0.155 e. The van der Waals surface area contributed by atoms with Gasteiger partial charge in [-0.1, -0.05) is 12.7 Å². The van der Waals surface area contributed by atoms with Crippen molar-refractivity contribution < 1.29 is 14.3 Å². The van der Waals surface area contributed by atoms with Gasteiger partial charge in [-0.3, -0.25) is 4.79 Å². The number of allylic oxidation sites excluding steroid dienone is 3. The molecule has 0 bridgehead atoms. The Balaban J connectivity index is 1.73. The van der Waals surface area contributed by atoms with Gasteiger partial charge >= 0.3 is 0 Å². The number of fused-ring (bicyclic) bond motifs is 1. The normalized spacial score (nSPS) is 17.1. The van der Waals surface area contributed by atoms with Crippen molar-refractivity contribution in [1.82, 2.24) is 9.97 Å². The molecule has 1 aliphatic rings. The number of ketones is 1. The van der Waals surface area contributed by atoms with E-state index in [1.807, 2.05) is 18.3 Å². The van der Waals surface area contributed by atoms with E-state index in [1.54, 1.807) is 12.3 Å². The van der Waals surface area contributed by atoms with E-state index in [4.69, 9.17) is 4.42 Å². The average molecular weight is 362 g/mol. The Labute approximate surface area is 157 Å². The number of H-pyrrole nitrogens is 1. The first kappa shape index (κ1) is 17.5. The van der Waals surface area contributed by atoms with Gasteiger partial charge in [0, 0.05) is 29.8 Å². The van der Waals surface area contributed by atoms with Gasteiger partial charge in [0.25, 0.3) is 0 Å². The highest BCUT2D eigenvalue weighted by molar-refractivity contribution is 6.00. The molecule has 5 nitrogen and oxygen atoms in total. The molecule has 0 radical (unpaired) electrons. The Morgan fingerprint density at radius 3 is 3.04 bits per heavy atom. The third-order valence-corrected chi connectivity index (χ3v) is 5.19. The standard InChI is InChI=1S/C22H22N2O3/c1-2-16(26)11-14-4-3-5-15(10-14)18-8-9-23-22-21(18)19(12-24-22)20-7-6-17(13-25)27-20/h2,5-9,12,14,25H,1,3-4,10-11,13H2,(H,23,24). The maximum absolute atomic E-state index is 11.8. The van der Waals surface area contributed by atoms with E-state index >= 15 is 0 Å². The number of pyridine rings is 1. The van der Waals surface area contributed by atoms with E-state index in [0.29, 0.717) is 23.9 Å². The lowest BCUT2D eigenvalue weighted by Crippen LogP contribution is -2.11. The summed E-state index contributed by atoms with van der Waals surface area (Å²) in [6.45, 7) is 3.46. The van der Waals surface area contributed by atoms with Crippen molar-refractivity contribution in [3.8, 4) is 11.3 Å². The van der Waals surface area contributed by atoms with Crippen LogP contribution in [0.4, 0.5) is 0 Å². The largest absolute Gasteiger partial charge is 0.459 e. The highest BCUT2D eigenvalue weighted by Crippen LogP contribution is 2.39. The van der Waals surface area contributed by atoms with Crippen molar-refractivity contribution >= 4 is 22.4 Å². The second kappa shape index (κ2) is 7.37. The second-order valence-corrected chi connectivity index (χ2v) is 6.96. The van der Waals surface area contributed by atoms with Crippen LogP contribution in [0.3, 0.4) is 0 Å². The van der Waals surface area contributed by atoms with Crippen LogP contribution in [-0.2, 0) is 11.4 Å². The fraction of sp³-hybridized carbons (Fsp3) is 0.273. The zero-order chi connectivity index (χ0) is 18.8. The number of nitrogens with zero attached hydrogens (tertiary/aromatic N) is 1. The van der Waals surface area contributed by atoms with Crippen molar-refractivity contribution in [3.63, 3.8) is 0 Å². The number of aliphatic hydroxyl groups excluding tert-OH is 1. The lowest BCUT2D eigenvalue weighted by atomic mass is 9.82. The zero-order valence-corrected chi connectivity index (χ0v) is 15.1. The molecule has 5 heteroatoms. The Kier molecular flexibility index (Phi) is 4.77. The summed E-state index contributed by atoms with van der Waals surface area (Å²) in [4.78, 5) is 19.4. The number of aromatic nitrogens is 2. The van der Waals surface area contributed by atoms with Gasteiger partial charge in [-0.25, -0.2) is 4.98 Å². The first-order chi connectivity index (χ1) is 13.2. The summed E-state index contributed by atoms with van der Waals surface area (Å²) in [6, 6.07) is 5.67. The summed E-state index contributed by atoms with van der Waals surface area (Å²) in [5.74, 6) is 1.68. The topological polar surface area (TPSA) is 79.1 Å². The minimum Gasteiger partial charge on any atom is -0.459 e. The van der Waals surface area contributed by atoms with Gasteiger partial charge in [-0.05, 0) is 60.6 Å². The van der Waals surface area contributed by atoms with Crippen LogP contribution in [0.5, 0.6) is 0 Å². The van der Waals surface area contributed by atoms with Crippen LogP contribution < -0.4 is 0 Å². The Morgan fingerprint density at radius 1 is 1.37 bits per heavy atom. The van der Waals surface area contributed by atoms with Gasteiger partial charge in [-0.2, -0.15) is 0 Å². The minimum atomic E-state index is -0.127. The molecule has 0 spiro atoms. The van der Waals surface area contributed by atoms with Crippen LogP contribution in [-0.4, -0.2) is 20.9 Å². The molecule has 0 aromatic carbocycles. The Bertz CT molecular complexity index is 1030. The Hall–Kier alpha value is -2.92. The molecule has 3 aromatic rings. The quantitative estimate of drug-likeness (QED) is 0.626. The smallest absolute Gasteiger partial charge is 0.155 e. The number of aromatic amines is 1. The molecule has 0 fully saturated rings. The molecular weight excluding hydrogens is 340 g/mol. The predicted molar refractivity (Wildman–Crippen MR) is 105 cm³/mol. The van der Waals surface area contributed by atoms with Crippen LogP contribution >= 0.6 is 0 Å². The number of carbonyl (C=O) groups is 1. The first-order valence-corrected chi connectivity index (χ1v) is 9.20. The van der Waals surface area contributed by atoms with E-state index in [-0.39, 0.29) is 12.4 Å². The Morgan fingerprint density at radius 2 is 2.26 bits per heavy atom. The van der Waals surface area contributed by atoms with Crippen molar-refractivity contribution in [2.75, 3.05) is 0 Å². The number of furan rings is 1. The molecule has 0 aliphatic heterocycles. The second-order valence-electron chi connectivity index (χ2n) is 6.96. The molecule has 3 aromatic heterocycles. The molecule has 1 aliphatic carbocycles. The highest BCUT2D eigenvalue weighted by atomic mass is 16.4. The molecule has 1 unspecified atom stereocenters. The average Bonchev–Trinajstić information content (AvgIpc) is 3.34. The molecule has 27 heavy (non-hydrogen) atoms. The minimum absolute atomic E-state index is 0.107. The van der Waals surface area contributed by atoms with Crippen molar-refractivity contribution in [1.29, 1.82) is 0 Å². The fourth-order valence-electron chi connectivity index (χ4n) is 3.88. The molecule has 4 rings (SSSR count). The summed E-state index contributed by atoms with van der Waals surface area (Å²) in [7, 11) is 0. The molecule has 0 amide bonds. The van der Waals surface area contributed by atoms with E-state index < -0.39 is 0 Å². The molecular formula is C22H22N2O3. The number of hydrogen-bond donors (Lipinski definition) is 2. The fourth-order valence-corrected chi connectivity index (χ4v) is 3.88. The van der Waals surface area contributed by atoms with Gasteiger partial charge in [0.1, 0.15) is 23.8 Å². The van der Waals surface area contributed by atoms with Gasteiger partial charge in [0.15, 0.2) is 5.78 Å². The van der Waals surface area contributed by atoms with Crippen molar-refractivity contribution in [2.24, 2.45) is 5.92 Å². The van der Waals surface area contributed by atoms with Crippen LogP contribution in [0.15, 0.2) is 53.7 Å². The summed E-state index contributed by atoms with van der Waals surface area (Å²) >= 11 is 0. The van der Waals surface area contributed by atoms with Gasteiger partial charge in [0.2, 0.25) is 0 Å². The van der Waals surface area contributed by atoms with E-state index in [1.165, 1.54) is 11.6 Å². The van der Waals surface area contributed by atoms with E-state index in [0.717, 1.165) is 41.4 Å². The van der Waals surface area contributed by atoms with Gasteiger partial charge in [-0.15, -0.1) is 0 Å². The molecule has 3 heterocycles. The monoisotopic (exact) mass is 362 g/mol. The summed E-state index contributed by atoms with van der Waals surface area (Å²) in [5.41, 5.74) is 4.09. The van der Waals surface area contributed by atoms with Gasteiger partial charge < -0.3 is 14.5 Å². The third-order valence-electron chi connectivity index (χ3n) is 5.19. The maximum atomic E-state index is 11.8. The van der Waals surface area contributed by atoms with E-state index in [9.17, 15) is 9.90 Å². The highest BCUT2D eigenvalue weighted by Gasteiger charge is 2.22. The van der Waals surface area contributed by atoms with Crippen LogP contribution in [0.1, 0.15) is 37.0 Å². The SMILES string of the molecule is C=CC(=O)CC1CCC=C(c2ccnc3[nH]cc(-c4ccc(CO)o4)c23)C1. The van der Waals surface area contributed by atoms with Crippen LogP contribution in [0.2, 0.25) is 0 Å². The van der Waals surface area contributed by atoms with Gasteiger partial charge in [0.05, 0.1) is 0 Å². The lowest BCUT2D eigenvalue weighted by molar-refractivity contribution is -0.115. The number of hydrogen-bond acceptors (Lipinski definition) is 4. The molecule has 0 saturated heterocycles. The first-order valence-electron chi connectivity index (χ1n) is 9.20. The summed E-state index contributed by atoms with van der Waals surface area (Å²) in [5, 5.41) is 10.3. The summed E-state index contributed by atoms with van der Waals surface area (Å²) < 4.78 is 5.74. The molecule has 138 valence electrons. The van der Waals surface area contributed by atoms with E-state index in [2.05, 4.69) is 22.6 Å². The third kappa shape index (κ3) is 3.38. The van der Waals surface area contributed by atoms with Crippen LogP contribution in [0, 0.1) is 5.92 Å².